The van der Waals surface area contributed by atoms with Gasteiger partial charge in [-0.25, -0.2) is 4.98 Å². The number of carbonyl (C=O) groups excluding carboxylic acids is 2. The Morgan fingerprint density at radius 1 is 1.38 bits per heavy atom. The molecule has 1 atom stereocenters. The molecule has 1 saturated heterocycles. The zero-order valence-electron chi connectivity index (χ0n) is 14.5. The van der Waals surface area contributed by atoms with Crippen LogP contribution < -0.4 is 10.2 Å². The van der Waals surface area contributed by atoms with Gasteiger partial charge in [0.2, 0.25) is 11.8 Å². The maximum atomic E-state index is 12.5. The van der Waals surface area contributed by atoms with E-state index in [0.717, 1.165) is 28.3 Å². The zero-order valence-corrected chi connectivity index (χ0v) is 15.3. The first-order valence-electron chi connectivity index (χ1n) is 8.72. The normalized spacial score (nSPS) is 17.2. The van der Waals surface area contributed by atoms with Gasteiger partial charge in [-0.3, -0.25) is 14.0 Å². The Morgan fingerprint density at radius 2 is 2.23 bits per heavy atom. The summed E-state index contributed by atoms with van der Waals surface area (Å²) >= 11 is 1.56. The van der Waals surface area contributed by atoms with Gasteiger partial charge in [-0.1, -0.05) is 25.1 Å². The quantitative estimate of drug-likeness (QED) is 0.753. The number of aryl methyl sites for hydroxylation is 1. The van der Waals surface area contributed by atoms with Gasteiger partial charge in [-0.05, 0) is 18.1 Å². The maximum Gasteiger partial charge on any atom is 0.227 e. The van der Waals surface area contributed by atoms with Gasteiger partial charge >= 0.3 is 0 Å². The van der Waals surface area contributed by atoms with Crippen LogP contribution in [0.25, 0.3) is 4.96 Å². The van der Waals surface area contributed by atoms with Gasteiger partial charge in [0.15, 0.2) is 4.96 Å². The highest BCUT2D eigenvalue weighted by Crippen LogP contribution is 2.28. The molecule has 1 unspecified atom stereocenters. The summed E-state index contributed by atoms with van der Waals surface area (Å²) in [5.74, 6) is -0.407. The van der Waals surface area contributed by atoms with Crippen LogP contribution in [0.5, 0.6) is 0 Å². The van der Waals surface area contributed by atoms with E-state index >= 15 is 0 Å². The van der Waals surface area contributed by atoms with Crippen molar-refractivity contribution in [3.05, 3.63) is 53.3 Å². The first kappa shape index (κ1) is 16.8. The van der Waals surface area contributed by atoms with E-state index in [4.69, 9.17) is 0 Å². The SMILES string of the molecule is CCc1ccccc1N1CC(C(=O)NCc2cn3ccsc3n2)CC1=O. The Hall–Kier alpha value is -2.67. The largest absolute Gasteiger partial charge is 0.350 e. The summed E-state index contributed by atoms with van der Waals surface area (Å²) in [4.78, 5) is 32.1. The molecule has 1 aromatic carbocycles. The molecule has 0 saturated carbocycles. The number of rotatable bonds is 5. The van der Waals surface area contributed by atoms with Gasteiger partial charge in [-0.15, -0.1) is 11.3 Å². The summed E-state index contributed by atoms with van der Waals surface area (Å²) in [6.07, 6.45) is 4.96. The average molecular weight is 368 g/mol. The number of carbonyl (C=O) groups is 2. The number of nitrogens with zero attached hydrogens (tertiary/aromatic N) is 3. The lowest BCUT2D eigenvalue weighted by Gasteiger charge is -2.19. The minimum atomic E-state index is -0.323. The third-order valence-corrected chi connectivity index (χ3v) is 5.52. The van der Waals surface area contributed by atoms with Crippen LogP contribution in [0.3, 0.4) is 0 Å². The minimum absolute atomic E-state index is 0.00792. The molecule has 4 rings (SSSR count). The first-order chi connectivity index (χ1) is 12.7. The second kappa shape index (κ2) is 6.92. The number of hydrogen-bond acceptors (Lipinski definition) is 4. The van der Waals surface area contributed by atoms with Gasteiger partial charge < -0.3 is 10.2 Å². The highest BCUT2D eigenvalue weighted by atomic mass is 32.1. The lowest BCUT2D eigenvalue weighted by molar-refractivity contribution is -0.126. The van der Waals surface area contributed by atoms with E-state index in [9.17, 15) is 9.59 Å². The molecule has 3 aromatic rings. The molecule has 2 amide bonds. The number of aromatic nitrogens is 2. The van der Waals surface area contributed by atoms with Crippen molar-refractivity contribution in [3.8, 4) is 0 Å². The second-order valence-electron chi connectivity index (χ2n) is 6.43. The summed E-state index contributed by atoms with van der Waals surface area (Å²) in [5, 5.41) is 4.89. The Morgan fingerprint density at radius 3 is 3.04 bits per heavy atom. The molecule has 1 aliphatic rings. The molecule has 0 radical (unpaired) electrons. The number of imidazole rings is 1. The Labute approximate surface area is 155 Å². The molecule has 1 fully saturated rings. The smallest absolute Gasteiger partial charge is 0.227 e. The molecule has 3 heterocycles. The summed E-state index contributed by atoms with van der Waals surface area (Å²) in [5.41, 5.74) is 2.87. The molecule has 134 valence electrons. The van der Waals surface area contributed by atoms with E-state index in [1.165, 1.54) is 0 Å². The van der Waals surface area contributed by atoms with Crippen LogP contribution in [-0.2, 0) is 22.6 Å². The third kappa shape index (κ3) is 3.10. The molecule has 1 aliphatic heterocycles. The number of anilines is 1. The number of fused-ring (bicyclic) bond motifs is 1. The van der Waals surface area contributed by atoms with Crippen LogP contribution in [0.15, 0.2) is 42.0 Å². The summed E-state index contributed by atoms with van der Waals surface area (Å²) < 4.78 is 1.94. The number of hydrogen-bond donors (Lipinski definition) is 1. The van der Waals surface area contributed by atoms with Gasteiger partial charge in [-0.2, -0.15) is 0 Å². The van der Waals surface area contributed by atoms with Crippen LogP contribution in [0.1, 0.15) is 24.6 Å². The summed E-state index contributed by atoms with van der Waals surface area (Å²) in [6, 6.07) is 7.89. The molecule has 7 heteroatoms. The van der Waals surface area contributed by atoms with Crippen molar-refractivity contribution >= 4 is 33.8 Å². The van der Waals surface area contributed by atoms with E-state index in [1.54, 1.807) is 16.2 Å². The second-order valence-corrected chi connectivity index (χ2v) is 7.30. The van der Waals surface area contributed by atoms with Gasteiger partial charge in [0.25, 0.3) is 0 Å². The van der Waals surface area contributed by atoms with Gasteiger partial charge in [0, 0.05) is 36.4 Å². The predicted octanol–water partition coefficient (Wildman–Crippen LogP) is 2.63. The van der Waals surface area contributed by atoms with Crippen LogP contribution in [0.4, 0.5) is 5.69 Å². The van der Waals surface area contributed by atoms with E-state index in [1.807, 2.05) is 46.4 Å². The summed E-state index contributed by atoms with van der Waals surface area (Å²) in [7, 11) is 0. The standard InChI is InChI=1S/C19H20N4O2S/c1-2-13-5-3-4-6-16(13)23-11-14(9-17(23)24)18(25)20-10-15-12-22-7-8-26-19(22)21-15/h3-8,12,14H,2,9-11H2,1H3,(H,20,25). The highest BCUT2D eigenvalue weighted by Gasteiger charge is 2.35. The van der Waals surface area contributed by atoms with Crippen molar-refractivity contribution in [2.24, 2.45) is 5.92 Å². The molecule has 1 N–H and O–H groups in total. The van der Waals surface area contributed by atoms with Crippen LogP contribution in [0, 0.1) is 5.92 Å². The Balaban J connectivity index is 1.41. The fraction of sp³-hybridized carbons (Fsp3) is 0.316. The van der Waals surface area contributed by atoms with Crippen molar-refractivity contribution in [2.75, 3.05) is 11.4 Å². The topological polar surface area (TPSA) is 66.7 Å². The molecular weight excluding hydrogens is 348 g/mol. The molecule has 0 spiro atoms. The van der Waals surface area contributed by atoms with Crippen molar-refractivity contribution in [1.82, 2.24) is 14.7 Å². The first-order valence-corrected chi connectivity index (χ1v) is 9.60. The Bertz CT molecular complexity index is 933. The number of amides is 2. The average Bonchev–Trinajstić information content (AvgIpc) is 3.34. The Kier molecular flexibility index (Phi) is 4.46. The van der Waals surface area contributed by atoms with E-state index in [2.05, 4.69) is 17.2 Å². The number of benzene rings is 1. The number of thiazole rings is 1. The lowest BCUT2D eigenvalue weighted by atomic mass is 10.1. The fourth-order valence-electron chi connectivity index (χ4n) is 3.37. The maximum absolute atomic E-state index is 12.5. The van der Waals surface area contributed by atoms with Gasteiger partial charge in [0.05, 0.1) is 18.2 Å². The van der Waals surface area contributed by atoms with E-state index < -0.39 is 0 Å². The minimum Gasteiger partial charge on any atom is -0.350 e. The number of nitrogens with one attached hydrogen (secondary N) is 1. The monoisotopic (exact) mass is 368 g/mol. The predicted molar refractivity (Wildman–Crippen MR) is 101 cm³/mol. The van der Waals surface area contributed by atoms with Crippen molar-refractivity contribution in [1.29, 1.82) is 0 Å². The van der Waals surface area contributed by atoms with Crippen LogP contribution in [0.2, 0.25) is 0 Å². The zero-order chi connectivity index (χ0) is 18.1. The number of para-hydroxylation sites is 1. The van der Waals surface area contributed by atoms with Crippen LogP contribution in [-0.4, -0.2) is 27.7 Å². The molecule has 2 aromatic heterocycles. The van der Waals surface area contributed by atoms with E-state index in [-0.39, 0.29) is 24.2 Å². The summed E-state index contributed by atoms with van der Waals surface area (Å²) in [6.45, 7) is 2.88. The van der Waals surface area contributed by atoms with Crippen LogP contribution >= 0.6 is 11.3 Å². The molecule has 0 bridgehead atoms. The molecule has 6 nitrogen and oxygen atoms in total. The van der Waals surface area contributed by atoms with Crippen molar-refractivity contribution in [2.45, 2.75) is 26.3 Å². The molecule has 26 heavy (non-hydrogen) atoms. The third-order valence-electron chi connectivity index (χ3n) is 4.75. The molecule has 0 aliphatic carbocycles. The fourth-order valence-corrected chi connectivity index (χ4v) is 4.09. The highest BCUT2D eigenvalue weighted by molar-refractivity contribution is 7.15. The van der Waals surface area contributed by atoms with Gasteiger partial charge in [0.1, 0.15) is 0 Å². The lowest BCUT2D eigenvalue weighted by Crippen LogP contribution is -2.33. The molecular formula is C19H20N4O2S. The van der Waals surface area contributed by atoms with Crippen molar-refractivity contribution < 1.29 is 9.59 Å². The van der Waals surface area contributed by atoms with E-state index in [0.29, 0.717) is 13.1 Å². The van der Waals surface area contributed by atoms with Crippen molar-refractivity contribution in [3.63, 3.8) is 0 Å².